The molecule has 4 nitrogen and oxygen atoms in total. The predicted molar refractivity (Wildman–Crippen MR) is 116 cm³/mol. The molecular formula is C24H32N2O2. The van der Waals surface area contributed by atoms with Crippen molar-refractivity contribution in [2.45, 2.75) is 53.4 Å². The molecule has 28 heavy (non-hydrogen) atoms. The van der Waals surface area contributed by atoms with Gasteiger partial charge in [0.2, 0.25) is 5.91 Å². The van der Waals surface area contributed by atoms with Crippen LogP contribution in [-0.2, 0) is 4.79 Å². The highest BCUT2D eigenvalue weighted by Crippen LogP contribution is 2.35. The predicted octanol–water partition coefficient (Wildman–Crippen LogP) is 5.02. The lowest BCUT2D eigenvalue weighted by Crippen LogP contribution is -2.38. The minimum absolute atomic E-state index is 0.0138. The van der Waals surface area contributed by atoms with Gasteiger partial charge in [0, 0.05) is 25.6 Å². The van der Waals surface area contributed by atoms with Gasteiger partial charge in [0.1, 0.15) is 0 Å². The molecular weight excluding hydrogens is 348 g/mol. The van der Waals surface area contributed by atoms with E-state index >= 15 is 0 Å². The highest BCUT2D eigenvalue weighted by atomic mass is 16.2. The second-order valence-electron chi connectivity index (χ2n) is 7.84. The van der Waals surface area contributed by atoms with Crippen LogP contribution in [0.3, 0.4) is 0 Å². The minimum atomic E-state index is -0.108. The van der Waals surface area contributed by atoms with Crippen LogP contribution in [0.5, 0.6) is 0 Å². The van der Waals surface area contributed by atoms with Gasteiger partial charge in [-0.3, -0.25) is 9.59 Å². The maximum Gasteiger partial charge on any atom is 0.251 e. The molecule has 0 aliphatic rings. The quantitative estimate of drug-likeness (QED) is 0.733. The fourth-order valence-corrected chi connectivity index (χ4v) is 3.45. The summed E-state index contributed by atoms with van der Waals surface area (Å²) in [4.78, 5) is 26.8. The monoisotopic (exact) mass is 380 g/mol. The summed E-state index contributed by atoms with van der Waals surface area (Å²) in [6.07, 6.45) is 0. The molecule has 4 heteroatoms. The van der Waals surface area contributed by atoms with Crippen LogP contribution in [0.2, 0.25) is 0 Å². The standard InChI is InChI=1S/C24H32N2O2/c1-16(2)20-12-9-13-21(17(3)4)23(20)26(19(6)27)15-14-25-24(28)22-11-8-7-10-18(22)5/h7-13,16-17H,14-15H2,1-6H3,(H,25,28). The molecule has 0 bridgehead atoms. The zero-order chi connectivity index (χ0) is 20.8. The van der Waals surface area contributed by atoms with Crippen molar-refractivity contribution in [1.82, 2.24) is 5.32 Å². The lowest BCUT2D eigenvalue weighted by atomic mass is 9.92. The van der Waals surface area contributed by atoms with Gasteiger partial charge in [0.05, 0.1) is 5.69 Å². The Balaban J connectivity index is 2.24. The van der Waals surface area contributed by atoms with Gasteiger partial charge in [0.25, 0.3) is 5.91 Å². The molecule has 0 saturated heterocycles. The normalized spacial score (nSPS) is 11.0. The highest BCUT2D eigenvalue weighted by molar-refractivity contribution is 5.96. The zero-order valence-corrected chi connectivity index (χ0v) is 17.9. The van der Waals surface area contributed by atoms with Crippen molar-refractivity contribution in [3.8, 4) is 0 Å². The molecule has 0 radical (unpaired) electrons. The van der Waals surface area contributed by atoms with Gasteiger partial charge in [-0.2, -0.15) is 0 Å². The molecule has 2 aromatic rings. The first-order chi connectivity index (χ1) is 13.2. The van der Waals surface area contributed by atoms with Crippen molar-refractivity contribution >= 4 is 17.5 Å². The fraction of sp³-hybridized carbons (Fsp3) is 0.417. The van der Waals surface area contributed by atoms with Crippen LogP contribution in [-0.4, -0.2) is 24.9 Å². The van der Waals surface area contributed by atoms with Crippen LogP contribution in [0.25, 0.3) is 0 Å². The lowest BCUT2D eigenvalue weighted by molar-refractivity contribution is -0.116. The number of anilines is 1. The van der Waals surface area contributed by atoms with Gasteiger partial charge in [-0.15, -0.1) is 0 Å². The Morgan fingerprint density at radius 2 is 1.50 bits per heavy atom. The first-order valence-corrected chi connectivity index (χ1v) is 9.98. The molecule has 2 rings (SSSR count). The number of nitrogens with one attached hydrogen (secondary N) is 1. The SMILES string of the molecule is CC(=O)N(CCNC(=O)c1ccccc1C)c1c(C(C)C)cccc1C(C)C. The van der Waals surface area contributed by atoms with E-state index in [4.69, 9.17) is 0 Å². The maximum atomic E-state index is 12.5. The van der Waals surface area contributed by atoms with Crippen molar-refractivity contribution in [2.24, 2.45) is 0 Å². The summed E-state index contributed by atoms with van der Waals surface area (Å²) in [7, 11) is 0. The minimum Gasteiger partial charge on any atom is -0.350 e. The van der Waals surface area contributed by atoms with E-state index in [0.29, 0.717) is 30.5 Å². The number of benzene rings is 2. The molecule has 0 heterocycles. The number of hydrogen-bond acceptors (Lipinski definition) is 2. The van der Waals surface area contributed by atoms with E-state index in [1.165, 1.54) is 0 Å². The Morgan fingerprint density at radius 1 is 0.929 bits per heavy atom. The van der Waals surface area contributed by atoms with Crippen molar-refractivity contribution in [2.75, 3.05) is 18.0 Å². The van der Waals surface area contributed by atoms with E-state index in [0.717, 1.165) is 22.4 Å². The number of carbonyl (C=O) groups is 2. The summed E-state index contributed by atoms with van der Waals surface area (Å²) in [6.45, 7) is 12.9. The van der Waals surface area contributed by atoms with E-state index < -0.39 is 0 Å². The van der Waals surface area contributed by atoms with Gasteiger partial charge in [-0.05, 0) is 41.5 Å². The molecule has 0 unspecified atom stereocenters. The smallest absolute Gasteiger partial charge is 0.251 e. The fourth-order valence-electron chi connectivity index (χ4n) is 3.45. The molecule has 0 aliphatic carbocycles. The molecule has 0 saturated carbocycles. The Hall–Kier alpha value is -2.62. The van der Waals surface area contributed by atoms with Gasteiger partial charge in [-0.1, -0.05) is 64.1 Å². The zero-order valence-electron chi connectivity index (χ0n) is 17.9. The van der Waals surface area contributed by atoms with E-state index in [1.54, 1.807) is 6.92 Å². The van der Waals surface area contributed by atoms with Crippen molar-refractivity contribution in [1.29, 1.82) is 0 Å². The summed E-state index contributed by atoms with van der Waals surface area (Å²) >= 11 is 0. The molecule has 0 spiro atoms. The maximum absolute atomic E-state index is 12.5. The van der Waals surface area contributed by atoms with Crippen LogP contribution < -0.4 is 10.2 Å². The van der Waals surface area contributed by atoms with E-state index in [-0.39, 0.29) is 11.8 Å². The van der Waals surface area contributed by atoms with Crippen molar-refractivity contribution in [3.05, 3.63) is 64.7 Å². The van der Waals surface area contributed by atoms with Crippen LogP contribution in [0.15, 0.2) is 42.5 Å². The first kappa shape index (κ1) is 21.7. The number of amides is 2. The summed E-state index contributed by atoms with van der Waals surface area (Å²) in [5, 5.41) is 2.96. The summed E-state index contributed by atoms with van der Waals surface area (Å²) in [5.41, 5.74) is 4.92. The molecule has 0 aliphatic heterocycles. The lowest BCUT2D eigenvalue weighted by Gasteiger charge is -2.29. The van der Waals surface area contributed by atoms with Crippen LogP contribution >= 0.6 is 0 Å². The Morgan fingerprint density at radius 3 is 2.00 bits per heavy atom. The van der Waals surface area contributed by atoms with E-state index in [9.17, 15) is 9.59 Å². The second kappa shape index (κ2) is 9.54. The van der Waals surface area contributed by atoms with Gasteiger partial charge in [0.15, 0.2) is 0 Å². The number of nitrogens with zero attached hydrogens (tertiary/aromatic N) is 1. The van der Waals surface area contributed by atoms with Gasteiger partial charge >= 0.3 is 0 Å². The Bertz CT molecular complexity index is 814. The van der Waals surface area contributed by atoms with E-state index in [2.05, 4.69) is 51.2 Å². The molecule has 2 amide bonds. The third kappa shape index (κ3) is 5.00. The first-order valence-electron chi connectivity index (χ1n) is 9.98. The number of carbonyl (C=O) groups excluding carboxylic acids is 2. The third-order valence-electron chi connectivity index (χ3n) is 5.00. The third-order valence-corrected chi connectivity index (χ3v) is 5.00. The topological polar surface area (TPSA) is 49.4 Å². The summed E-state index contributed by atoms with van der Waals surface area (Å²) < 4.78 is 0. The molecule has 0 fully saturated rings. The highest BCUT2D eigenvalue weighted by Gasteiger charge is 2.22. The molecule has 0 atom stereocenters. The Labute approximate surface area is 169 Å². The van der Waals surface area contributed by atoms with Crippen LogP contribution in [0.4, 0.5) is 5.69 Å². The molecule has 150 valence electrons. The van der Waals surface area contributed by atoms with Crippen LogP contribution in [0, 0.1) is 6.92 Å². The number of aryl methyl sites for hydroxylation is 1. The second-order valence-corrected chi connectivity index (χ2v) is 7.84. The average Bonchev–Trinajstić information content (AvgIpc) is 2.64. The summed E-state index contributed by atoms with van der Waals surface area (Å²) in [6, 6.07) is 13.8. The van der Waals surface area contributed by atoms with Crippen molar-refractivity contribution < 1.29 is 9.59 Å². The number of hydrogen-bond donors (Lipinski definition) is 1. The van der Waals surface area contributed by atoms with Gasteiger partial charge < -0.3 is 10.2 Å². The largest absolute Gasteiger partial charge is 0.350 e. The van der Waals surface area contributed by atoms with Crippen LogP contribution in [0.1, 0.15) is 73.5 Å². The summed E-state index contributed by atoms with van der Waals surface area (Å²) in [5.74, 6) is 0.484. The van der Waals surface area contributed by atoms with E-state index in [1.807, 2.05) is 36.1 Å². The Kier molecular flexibility index (Phi) is 7.38. The molecule has 1 N–H and O–H groups in total. The molecule has 2 aromatic carbocycles. The molecule has 0 aromatic heterocycles. The van der Waals surface area contributed by atoms with Crippen molar-refractivity contribution in [3.63, 3.8) is 0 Å². The number of rotatable bonds is 7. The van der Waals surface area contributed by atoms with Gasteiger partial charge in [-0.25, -0.2) is 0 Å². The average molecular weight is 381 g/mol. The number of para-hydroxylation sites is 1.